The van der Waals surface area contributed by atoms with Crippen molar-refractivity contribution in [2.45, 2.75) is 26.1 Å². The molecule has 0 aromatic carbocycles. The summed E-state index contributed by atoms with van der Waals surface area (Å²) < 4.78 is 19.7. The molecule has 1 aromatic rings. The van der Waals surface area contributed by atoms with Crippen molar-refractivity contribution in [1.82, 2.24) is 4.98 Å². The Bertz CT molecular complexity index is 519. The van der Waals surface area contributed by atoms with Gasteiger partial charge in [0.2, 0.25) is 0 Å². The predicted molar refractivity (Wildman–Crippen MR) is 86.4 cm³/mol. The summed E-state index contributed by atoms with van der Waals surface area (Å²) in [5.74, 6) is -0.438. The molecule has 2 atom stereocenters. The van der Waals surface area contributed by atoms with Crippen molar-refractivity contribution in [2.75, 3.05) is 26.4 Å². The molecule has 1 unspecified atom stereocenters. The first-order valence-corrected chi connectivity index (χ1v) is 8.14. The molecule has 24 heavy (non-hydrogen) atoms. The van der Waals surface area contributed by atoms with E-state index in [-0.39, 0.29) is 25.3 Å². The third kappa shape index (κ3) is 8.23. The highest BCUT2D eigenvalue weighted by Crippen LogP contribution is 2.13. The molecule has 1 N–H and O–H groups in total. The number of rotatable bonds is 7. The monoisotopic (exact) mass is 405 g/mol. The maximum Gasteiger partial charge on any atom is 0.338 e. The molecule has 1 aliphatic rings. The van der Waals surface area contributed by atoms with Gasteiger partial charge in [0.25, 0.3) is 0 Å². The lowest BCUT2D eigenvalue weighted by Gasteiger charge is -2.10. The van der Waals surface area contributed by atoms with Gasteiger partial charge < -0.3 is 24.1 Å². The fourth-order valence-corrected chi connectivity index (χ4v) is 1.58. The Balaban J connectivity index is 0.000000300. The lowest BCUT2D eigenvalue weighted by molar-refractivity contribution is -0.154. The fraction of sp³-hybridized carbons (Fsp3) is 0.533. The number of carbonyl (C=O) groups is 2. The Morgan fingerprint density at radius 3 is 2.54 bits per heavy atom. The van der Waals surface area contributed by atoms with Crippen LogP contribution < -0.4 is 4.74 Å². The van der Waals surface area contributed by atoms with Crippen molar-refractivity contribution in [2.24, 2.45) is 0 Å². The summed E-state index contributed by atoms with van der Waals surface area (Å²) in [4.78, 5) is 25.4. The van der Waals surface area contributed by atoms with E-state index in [9.17, 15) is 14.7 Å². The molecule has 0 saturated carbocycles. The lowest BCUT2D eigenvalue weighted by atomic mass is 10.4. The van der Waals surface area contributed by atoms with E-state index in [4.69, 9.17) is 4.74 Å². The van der Waals surface area contributed by atoms with Gasteiger partial charge in [0.05, 0.1) is 26.0 Å². The number of esters is 2. The number of hydrogen-bond acceptors (Lipinski definition) is 8. The second-order valence-corrected chi connectivity index (χ2v) is 5.28. The number of carbonyl (C=O) groups excluding carboxylic acids is 2. The van der Waals surface area contributed by atoms with E-state index in [2.05, 4.69) is 35.1 Å². The second-order valence-electron chi connectivity index (χ2n) is 4.47. The van der Waals surface area contributed by atoms with E-state index < -0.39 is 12.1 Å². The van der Waals surface area contributed by atoms with Crippen LogP contribution in [0, 0.1) is 0 Å². The van der Waals surface area contributed by atoms with Crippen LogP contribution in [-0.2, 0) is 23.8 Å². The predicted octanol–water partition coefficient (Wildman–Crippen LogP) is 1.10. The molecular formula is C15H20BrNO7. The third-order valence-electron chi connectivity index (χ3n) is 2.55. The van der Waals surface area contributed by atoms with Crippen LogP contribution >= 0.6 is 15.9 Å². The molecule has 0 amide bonds. The number of halogens is 1. The Morgan fingerprint density at radius 2 is 2.04 bits per heavy atom. The zero-order chi connectivity index (χ0) is 17.9. The summed E-state index contributed by atoms with van der Waals surface area (Å²) in [6.07, 6.45) is -0.0272. The van der Waals surface area contributed by atoms with E-state index >= 15 is 0 Å². The highest BCUT2D eigenvalue weighted by molar-refractivity contribution is 9.10. The minimum absolute atomic E-state index is 0.151. The Kier molecular flexibility index (Phi) is 9.28. The van der Waals surface area contributed by atoms with E-state index in [0.29, 0.717) is 23.6 Å². The first-order valence-electron chi connectivity index (χ1n) is 7.35. The highest BCUT2D eigenvalue weighted by Gasteiger charge is 2.32. The van der Waals surface area contributed by atoms with E-state index in [0.717, 1.165) is 0 Å². The SMILES string of the molecule is CCOC(=O)C1CO1.CCOC(=O)[C@H](O)COc1ccc(Br)nc1. The molecule has 134 valence electrons. The van der Waals surface area contributed by atoms with E-state index in [1.807, 2.05) is 0 Å². The molecular weight excluding hydrogens is 386 g/mol. The number of aliphatic hydroxyl groups is 1. The zero-order valence-corrected chi connectivity index (χ0v) is 15.0. The highest BCUT2D eigenvalue weighted by atomic mass is 79.9. The summed E-state index contributed by atoms with van der Waals surface area (Å²) in [6, 6.07) is 3.38. The van der Waals surface area contributed by atoms with Crippen LogP contribution in [0.3, 0.4) is 0 Å². The molecule has 1 saturated heterocycles. The van der Waals surface area contributed by atoms with Crippen LogP contribution in [0.15, 0.2) is 22.9 Å². The minimum Gasteiger partial charge on any atom is -0.489 e. The van der Waals surface area contributed by atoms with Crippen molar-refractivity contribution in [3.05, 3.63) is 22.9 Å². The molecule has 8 nitrogen and oxygen atoms in total. The number of nitrogens with zero attached hydrogens (tertiary/aromatic N) is 1. The van der Waals surface area contributed by atoms with Crippen LogP contribution in [0.2, 0.25) is 0 Å². The molecule has 0 spiro atoms. The molecule has 9 heteroatoms. The molecule has 1 fully saturated rings. The van der Waals surface area contributed by atoms with Crippen LogP contribution in [0.5, 0.6) is 5.75 Å². The zero-order valence-electron chi connectivity index (χ0n) is 13.4. The van der Waals surface area contributed by atoms with Crippen LogP contribution in [0.4, 0.5) is 0 Å². The molecule has 0 bridgehead atoms. The first kappa shape index (κ1) is 20.3. The lowest BCUT2D eigenvalue weighted by Crippen LogP contribution is -2.29. The van der Waals surface area contributed by atoms with Crippen molar-refractivity contribution >= 4 is 27.9 Å². The van der Waals surface area contributed by atoms with Crippen molar-refractivity contribution < 1.29 is 33.6 Å². The Hall–Kier alpha value is -1.71. The minimum atomic E-state index is -1.27. The van der Waals surface area contributed by atoms with Gasteiger partial charge in [-0.25, -0.2) is 14.6 Å². The van der Waals surface area contributed by atoms with Gasteiger partial charge in [-0.15, -0.1) is 0 Å². The summed E-state index contributed by atoms with van der Waals surface area (Å²) in [5, 5.41) is 9.34. The average molecular weight is 406 g/mol. The molecule has 0 radical (unpaired) electrons. The molecule has 2 heterocycles. The average Bonchev–Trinajstić information content (AvgIpc) is 3.40. The maximum atomic E-state index is 11.0. The van der Waals surface area contributed by atoms with Gasteiger partial charge in [0.15, 0.2) is 12.2 Å². The summed E-state index contributed by atoms with van der Waals surface area (Å²) in [6.45, 7) is 4.51. The Labute approximate surface area is 148 Å². The second kappa shape index (κ2) is 11.0. The normalized spacial score (nSPS) is 16.2. The third-order valence-corrected chi connectivity index (χ3v) is 3.02. The molecule has 1 aromatic heterocycles. The van der Waals surface area contributed by atoms with Gasteiger partial charge in [0.1, 0.15) is 17.0 Å². The first-order chi connectivity index (χ1) is 11.5. The van der Waals surface area contributed by atoms with E-state index in [1.54, 1.807) is 26.0 Å². The smallest absolute Gasteiger partial charge is 0.338 e. The molecule has 0 aliphatic carbocycles. The number of aliphatic hydroxyl groups excluding tert-OH is 1. The van der Waals surface area contributed by atoms with Crippen molar-refractivity contribution in [1.29, 1.82) is 0 Å². The van der Waals surface area contributed by atoms with Gasteiger partial charge in [-0.2, -0.15) is 0 Å². The molecule has 1 aliphatic heterocycles. The number of epoxide rings is 1. The number of hydrogen-bond donors (Lipinski definition) is 1. The van der Waals surface area contributed by atoms with Crippen molar-refractivity contribution in [3.8, 4) is 5.75 Å². The van der Waals surface area contributed by atoms with Crippen LogP contribution in [-0.4, -0.2) is 60.7 Å². The van der Waals surface area contributed by atoms with Gasteiger partial charge >= 0.3 is 11.9 Å². The largest absolute Gasteiger partial charge is 0.489 e. The number of pyridine rings is 1. The fourth-order valence-electron chi connectivity index (χ4n) is 1.35. The number of aromatic nitrogens is 1. The Morgan fingerprint density at radius 1 is 1.38 bits per heavy atom. The van der Waals surface area contributed by atoms with Gasteiger partial charge in [-0.05, 0) is 41.9 Å². The van der Waals surface area contributed by atoms with Crippen molar-refractivity contribution in [3.63, 3.8) is 0 Å². The maximum absolute atomic E-state index is 11.0. The standard InChI is InChI=1S/C10H12BrNO4.C5H8O3/c1-2-15-10(14)8(13)6-16-7-3-4-9(11)12-5-7;1-2-7-5(6)4-3-8-4/h3-5,8,13H,2,6H2,1H3;4H,2-3H2,1H3/t8-;/m1./s1. The van der Waals surface area contributed by atoms with Crippen LogP contribution in [0.25, 0.3) is 0 Å². The topological polar surface area (TPSA) is 107 Å². The van der Waals surface area contributed by atoms with E-state index in [1.165, 1.54) is 6.20 Å². The van der Waals surface area contributed by atoms with Gasteiger partial charge in [-0.1, -0.05) is 0 Å². The summed E-state index contributed by atoms with van der Waals surface area (Å²) in [7, 11) is 0. The molecule has 2 rings (SSSR count). The van der Waals surface area contributed by atoms with Gasteiger partial charge in [-0.3, -0.25) is 0 Å². The summed E-state index contributed by atoms with van der Waals surface area (Å²) in [5.41, 5.74) is 0. The quantitative estimate of drug-likeness (QED) is 0.408. The number of ether oxygens (including phenoxy) is 4. The van der Waals surface area contributed by atoms with Gasteiger partial charge in [0, 0.05) is 0 Å². The van der Waals surface area contributed by atoms with Crippen LogP contribution in [0.1, 0.15) is 13.8 Å². The summed E-state index contributed by atoms with van der Waals surface area (Å²) >= 11 is 3.18.